The Labute approximate surface area is 121 Å². The lowest BCUT2D eigenvalue weighted by atomic mass is 10.2. The van der Waals surface area contributed by atoms with Crippen LogP contribution in [0.25, 0.3) is 0 Å². The van der Waals surface area contributed by atoms with Crippen LogP contribution in [0.2, 0.25) is 0 Å². The van der Waals surface area contributed by atoms with Gasteiger partial charge in [-0.25, -0.2) is 8.42 Å². The molecule has 0 bridgehead atoms. The minimum absolute atomic E-state index is 0.00546. The molecule has 0 spiro atoms. The van der Waals surface area contributed by atoms with Gasteiger partial charge in [-0.1, -0.05) is 20.3 Å². The fourth-order valence-electron chi connectivity index (χ4n) is 1.88. The van der Waals surface area contributed by atoms with Crippen molar-refractivity contribution in [3.05, 3.63) is 18.0 Å². The van der Waals surface area contributed by atoms with E-state index in [0.29, 0.717) is 11.4 Å². The molecule has 110 valence electrons. The number of halogens is 1. The maximum Gasteiger partial charge on any atom is 0.244 e. The second-order valence-electron chi connectivity index (χ2n) is 4.72. The van der Waals surface area contributed by atoms with Gasteiger partial charge >= 0.3 is 0 Å². The van der Waals surface area contributed by atoms with Crippen molar-refractivity contribution < 1.29 is 8.42 Å². The maximum absolute atomic E-state index is 12.6. The molecule has 0 aliphatic carbocycles. The Morgan fingerprint density at radius 2 is 2.11 bits per heavy atom. The Hall–Kier alpha value is -0.520. The summed E-state index contributed by atoms with van der Waals surface area (Å²) in [7, 11) is -3.43. The van der Waals surface area contributed by atoms with E-state index in [1.54, 1.807) is 10.4 Å². The third kappa shape index (κ3) is 3.97. The molecule has 0 aliphatic rings. The fraction of sp³-hybridized carbons (Fsp3) is 0.692. The van der Waals surface area contributed by atoms with Crippen LogP contribution < -0.4 is 0 Å². The zero-order valence-electron chi connectivity index (χ0n) is 11.8. The van der Waals surface area contributed by atoms with Crippen LogP contribution in [0.5, 0.6) is 0 Å². The van der Waals surface area contributed by atoms with E-state index in [4.69, 9.17) is 11.6 Å². The Balaban J connectivity index is 3.04. The summed E-state index contributed by atoms with van der Waals surface area (Å²) in [5.74, 6) is 0.286. The number of alkyl halides is 1. The molecule has 6 heteroatoms. The van der Waals surface area contributed by atoms with Crippen LogP contribution in [0, 0.1) is 0 Å². The minimum Gasteiger partial charge on any atom is -0.363 e. The molecule has 1 heterocycles. The Morgan fingerprint density at radius 3 is 2.58 bits per heavy atom. The van der Waals surface area contributed by atoms with Crippen molar-refractivity contribution in [2.24, 2.45) is 0 Å². The molecular formula is C13H23ClN2O2S. The molecule has 1 unspecified atom stereocenters. The number of H-pyrrole nitrogens is 1. The zero-order valence-corrected chi connectivity index (χ0v) is 13.4. The second kappa shape index (κ2) is 7.31. The second-order valence-corrected chi connectivity index (χ2v) is 6.88. The molecule has 0 radical (unpaired) electrons. The average molecular weight is 307 g/mol. The van der Waals surface area contributed by atoms with Crippen molar-refractivity contribution in [1.29, 1.82) is 0 Å². The van der Waals surface area contributed by atoms with Crippen LogP contribution in [-0.4, -0.2) is 30.3 Å². The molecule has 1 aromatic heterocycles. The topological polar surface area (TPSA) is 53.2 Å². The van der Waals surface area contributed by atoms with E-state index in [2.05, 4.69) is 11.9 Å². The first-order valence-electron chi connectivity index (χ1n) is 6.72. The number of unbranched alkanes of at least 4 members (excludes halogenated alkanes) is 1. The summed E-state index contributed by atoms with van der Waals surface area (Å²) >= 11 is 5.70. The summed E-state index contributed by atoms with van der Waals surface area (Å²) < 4.78 is 26.9. The van der Waals surface area contributed by atoms with Crippen molar-refractivity contribution >= 4 is 21.6 Å². The number of nitrogens with zero attached hydrogens (tertiary/aromatic N) is 1. The van der Waals surface area contributed by atoms with Gasteiger partial charge in [0.15, 0.2) is 0 Å². The number of rotatable bonds is 8. The number of sulfonamides is 1. The van der Waals surface area contributed by atoms with Crippen molar-refractivity contribution in [3.63, 3.8) is 0 Å². The van der Waals surface area contributed by atoms with Gasteiger partial charge in [0.25, 0.3) is 0 Å². The minimum atomic E-state index is -3.43. The van der Waals surface area contributed by atoms with Gasteiger partial charge in [0, 0.05) is 24.5 Å². The third-order valence-corrected chi connectivity index (χ3v) is 5.56. The van der Waals surface area contributed by atoms with Crippen LogP contribution >= 0.6 is 11.6 Å². The largest absolute Gasteiger partial charge is 0.363 e. The summed E-state index contributed by atoms with van der Waals surface area (Å²) in [5, 5.41) is 0. The van der Waals surface area contributed by atoms with E-state index >= 15 is 0 Å². The van der Waals surface area contributed by atoms with Gasteiger partial charge in [0.05, 0.1) is 10.8 Å². The molecule has 1 aromatic rings. The molecule has 1 rings (SSSR count). The molecule has 0 saturated heterocycles. The normalized spacial score (nSPS) is 13.9. The summed E-state index contributed by atoms with van der Waals surface area (Å²) in [4.78, 5) is 3.20. The average Bonchev–Trinajstić information content (AvgIpc) is 2.88. The van der Waals surface area contributed by atoms with Crippen LogP contribution in [0.15, 0.2) is 17.2 Å². The van der Waals surface area contributed by atoms with Gasteiger partial charge in [0.1, 0.15) is 0 Å². The van der Waals surface area contributed by atoms with Crippen LogP contribution in [0.4, 0.5) is 0 Å². The molecule has 19 heavy (non-hydrogen) atoms. The van der Waals surface area contributed by atoms with Crippen molar-refractivity contribution in [1.82, 2.24) is 9.29 Å². The monoisotopic (exact) mass is 306 g/mol. The Kier molecular flexibility index (Phi) is 6.36. The predicted octanol–water partition coefficient (Wildman–Crippen LogP) is 3.34. The summed E-state index contributed by atoms with van der Waals surface area (Å²) in [6, 6.07) is 1.62. The molecule has 0 fully saturated rings. The van der Waals surface area contributed by atoms with Gasteiger partial charge in [0.2, 0.25) is 10.0 Å². The molecule has 4 nitrogen and oxygen atoms in total. The lowest BCUT2D eigenvalue weighted by molar-refractivity contribution is 0.324. The zero-order chi connectivity index (χ0) is 14.5. The Morgan fingerprint density at radius 1 is 1.42 bits per heavy atom. The number of aromatic amines is 1. The first kappa shape index (κ1) is 16.5. The van der Waals surface area contributed by atoms with E-state index in [9.17, 15) is 8.42 Å². The van der Waals surface area contributed by atoms with E-state index in [-0.39, 0.29) is 11.9 Å². The summed E-state index contributed by atoms with van der Waals surface area (Å²) in [5.41, 5.74) is 0.722. The highest BCUT2D eigenvalue weighted by Gasteiger charge is 2.28. The molecule has 1 N–H and O–H groups in total. The van der Waals surface area contributed by atoms with Crippen molar-refractivity contribution in [2.75, 3.05) is 6.54 Å². The smallest absolute Gasteiger partial charge is 0.244 e. The highest BCUT2D eigenvalue weighted by molar-refractivity contribution is 7.89. The van der Waals surface area contributed by atoms with Crippen LogP contribution in [-0.2, 0) is 15.9 Å². The number of hydrogen-bond acceptors (Lipinski definition) is 2. The third-order valence-electron chi connectivity index (χ3n) is 3.28. The van der Waals surface area contributed by atoms with E-state index < -0.39 is 10.0 Å². The SMILES string of the molecule is CCCCN(C(C)CC)S(=O)(=O)c1c[nH]c(CCl)c1. The number of nitrogens with one attached hydrogen (secondary N) is 1. The molecule has 0 aliphatic heterocycles. The van der Waals surface area contributed by atoms with Gasteiger partial charge in [-0.05, 0) is 25.8 Å². The van der Waals surface area contributed by atoms with Gasteiger partial charge in [-0.2, -0.15) is 4.31 Å². The highest BCUT2D eigenvalue weighted by atomic mass is 35.5. The molecule has 0 saturated carbocycles. The van der Waals surface area contributed by atoms with E-state index in [0.717, 1.165) is 25.0 Å². The van der Waals surface area contributed by atoms with Gasteiger partial charge in [-0.15, -0.1) is 11.6 Å². The highest BCUT2D eigenvalue weighted by Crippen LogP contribution is 2.21. The summed E-state index contributed by atoms with van der Waals surface area (Å²) in [6.45, 7) is 6.57. The quantitative estimate of drug-likeness (QED) is 0.749. The van der Waals surface area contributed by atoms with E-state index in [1.165, 1.54) is 6.20 Å². The number of hydrogen-bond donors (Lipinski definition) is 1. The maximum atomic E-state index is 12.6. The predicted molar refractivity (Wildman–Crippen MR) is 78.9 cm³/mol. The first-order chi connectivity index (χ1) is 8.97. The summed E-state index contributed by atoms with van der Waals surface area (Å²) in [6.07, 6.45) is 4.17. The van der Waals surface area contributed by atoms with Gasteiger partial charge in [-0.3, -0.25) is 0 Å². The van der Waals surface area contributed by atoms with Crippen molar-refractivity contribution in [3.8, 4) is 0 Å². The lowest BCUT2D eigenvalue weighted by Gasteiger charge is -2.27. The van der Waals surface area contributed by atoms with Crippen LogP contribution in [0.1, 0.15) is 45.7 Å². The molecule has 1 atom stereocenters. The van der Waals surface area contributed by atoms with Crippen LogP contribution in [0.3, 0.4) is 0 Å². The van der Waals surface area contributed by atoms with E-state index in [1.807, 2.05) is 13.8 Å². The lowest BCUT2D eigenvalue weighted by Crippen LogP contribution is -2.38. The first-order valence-corrected chi connectivity index (χ1v) is 8.69. The Bertz CT molecular complexity index is 485. The fourth-order valence-corrected chi connectivity index (χ4v) is 3.79. The standard InChI is InChI=1S/C13H23ClN2O2S/c1-4-6-7-16(11(3)5-2)19(17,18)13-8-12(9-14)15-10-13/h8,10-11,15H,4-7,9H2,1-3H3. The molecule has 0 amide bonds. The molecule has 0 aromatic carbocycles. The van der Waals surface area contributed by atoms with Gasteiger partial charge < -0.3 is 4.98 Å². The van der Waals surface area contributed by atoms with Crippen molar-refractivity contribution in [2.45, 2.75) is 56.9 Å². The number of aromatic nitrogens is 1. The molecular weight excluding hydrogens is 284 g/mol.